The number of rotatable bonds is 5. The van der Waals surface area contributed by atoms with Gasteiger partial charge < -0.3 is 9.64 Å². The van der Waals surface area contributed by atoms with Gasteiger partial charge >= 0.3 is 6.09 Å². The van der Waals surface area contributed by atoms with E-state index in [9.17, 15) is 4.79 Å². The molecule has 3 heteroatoms. The number of amides is 1. The Bertz CT molecular complexity index is 262. The van der Waals surface area contributed by atoms with E-state index in [4.69, 9.17) is 4.74 Å². The highest BCUT2D eigenvalue weighted by Gasteiger charge is 2.26. The maximum absolute atomic E-state index is 11.9. The second-order valence-electron chi connectivity index (χ2n) is 6.76. The first-order valence-corrected chi connectivity index (χ1v) is 7.90. The molecule has 112 valence electrons. The van der Waals surface area contributed by atoms with E-state index >= 15 is 0 Å². The fourth-order valence-corrected chi connectivity index (χ4v) is 2.59. The predicted octanol–water partition coefficient (Wildman–Crippen LogP) is 4.60. The zero-order valence-corrected chi connectivity index (χ0v) is 13.2. The first kappa shape index (κ1) is 16.3. The van der Waals surface area contributed by atoms with Gasteiger partial charge in [-0.25, -0.2) is 4.79 Å². The highest BCUT2D eigenvalue weighted by molar-refractivity contribution is 5.68. The van der Waals surface area contributed by atoms with Gasteiger partial charge in [-0.2, -0.15) is 0 Å². The Morgan fingerprint density at radius 2 is 1.79 bits per heavy atom. The molecule has 0 aromatic carbocycles. The van der Waals surface area contributed by atoms with E-state index in [1.807, 2.05) is 25.7 Å². The van der Waals surface area contributed by atoms with Crippen LogP contribution >= 0.6 is 0 Å². The lowest BCUT2D eigenvalue weighted by molar-refractivity contribution is 0.0180. The van der Waals surface area contributed by atoms with Crippen LogP contribution in [0.25, 0.3) is 0 Å². The molecular weight excluding hydrogens is 238 g/mol. The van der Waals surface area contributed by atoms with E-state index < -0.39 is 0 Å². The number of ether oxygens (including phenoxy) is 1. The Labute approximate surface area is 118 Å². The molecule has 1 saturated heterocycles. The molecule has 0 aromatic heterocycles. The van der Waals surface area contributed by atoms with Crippen molar-refractivity contribution in [2.45, 2.75) is 78.2 Å². The van der Waals surface area contributed by atoms with Gasteiger partial charge in [-0.15, -0.1) is 0 Å². The minimum Gasteiger partial charge on any atom is -0.444 e. The first-order chi connectivity index (χ1) is 8.92. The summed E-state index contributed by atoms with van der Waals surface area (Å²) in [5, 5.41) is 0. The summed E-state index contributed by atoms with van der Waals surface area (Å²) in [5.74, 6) is 0.815. The molecule has 0 aliphatic carbocycles. The van der Waals surface area contributed by atoms with Gasteiger partial charge in [0.1, 0.15) is 5.60 Å². The van der Waals surface area contributed by atoms with Crippen molar-refractivity contribution in [2.24, 2.45) is 5.92 Å². The summed E-state index contributed by atoms with van der Waals surface area (Å²) in [5.41, 5.74) is -0.381. The van der Waals surface area contributed by atoms with Crippen molar-refractivity contribution in [3.63, 3.8) is 0 Å². The fourth-order valence-electron chi connectivity index (χ4n) is 2.59. The van der Waals surface area contributed by atoms with E-state index in [-0.39, 0.29) is 11.7 Å². The van der Waals surface area contributed by atoms with E-state index in [2.05, 4.69) is 6.92 Å². The van der Waals surface area contributed by atoms with Crippen molar-refractivity contribution in [1.82, 2.24) is 4.90 Å². The van der Waals surface area contributed by atoms with Gasteiger partial charge in [-0.3, -0.25) is 0 Å². The Kier molecular flexibility index (Phi) is 6.67. The summed E-state index contributed by atoms with van der Waals surface area (Å²) in [6.45, 7) is 9.75. The normalized spacial score (nSPS) is 17.6. The van der Waals surface area contributed by atoms with E-state index in [0.717, 1.165) is 31.8 Å². The van der Waals surface area contributed by atoms with Crippen LogP contribution in [-0.2, 0) is 4.74 Å². The number of hydrogen-bond donors (Lipinski definition) is 0. The zero-order chi connectivity index (χ0) is 14.3. The van der Waals surface area contributed by atoms with Crippen molar-refractivity contribution >= 4 is 6.09 Å². The third kappa shape index (κ3) is 6.84. The Hall–Kier alpha value is -0.730. The molecule has 1 aliphatic rings. The van der Waals surface area contributed by atoms with Crippen LogP contribution in [0, 0.1) is 5.92 Å². The summed E-state index contributed by atoms with van der Waals surface area (Å²) >= 11 is 0. The minimum atomic E-state index is -0.381. The molecular formula is C16H31NO2. The molecule has 0 bridgehead atoms. The molecule has 0 atom stereocenters. The lowest BCUT2D eigenvalue weighted by Gasteiger charge is -2.33. The van der Waals surface area contributed by atoms with Gasteiger partial charge in [0.05, 0.1) is 0 Å². The van der Waals surface area contributed by atoms with Crippen molar-refractivity contribution in [3.05, 3.63) is 0 Å². The molecule has 0 radical (unpaired) electrons. The largest absolute Gasteiger partial charge is 0.444 e. The third-order valence-electron chi connectivity index (χ3n) is 3.73. The van der Waals surface area contributed by atoms with Gasteiger partial charge in [-0.1, -0.05) is 39.0 Å². The summed E-state index contributed by atoms with van der Waals surface area (Å²) in [6.07, 6.45) is 8.86. The maximum atomic E-state index is 11.9. The van der Waals surface area contributed by atoms with Crippen LogP contribution in [0.15, 0.2) is 0 Å². The van der Waals surface area contributed by atoms with Crippen LogP contribution in [0.4, 0.5) is 4.79 Å². The van der Waals surface area contributed by atoms with Crippen molar-refractivity contribution < 1.29 is 9.53 Å². The smallest absolute Gasteiger partial charge is 0.410 e. The quantitative estimate of drug-likeness (QED) is 0.682. The SMILES string of the molecule is CCCCCCC1CCN(C(=O)OC(C)(C)C)CC1. The molecule has 0 unspecified atom stereocenters. The topological polar surface area (TPSA) is 29.5 Å². The summed E-state index contributed by atoms with van der Waals surface area (Å²) in [4.78, 5) is 13.8. The molecule has 0 spiro atoms. The van der Waals surface area contributed by atoms with Gasteiger partial charge in [0.15, 0.2) is 0 Å². The monoisotopic (exact) mass is 269 g/mol. The fraction of sp³-hybridized carbons (Fsp3) is 0.938. The molecule has 1 rings (SSSR count). The lowest BCUT2D eigenvalue weighted by Crippen LogP contribution is -2.41. The number of unbranched alkanes of at least 4 members (excludes halogenated alkanes) is 3. The van der Waals surface area contributed by atoms with Gasteiger partial charge in [-0.05, 0) is 39.5 Å². The first-order valence-electron chi connectivity index (χ1n) is 7.90. The van der Waals surface area contributed by atoms with Gasteiger partial charge in [0.2, 0.25) is 0 Å². The standard InChI is InChI=1S/C16H31NO2/c1-5-6-7-8-9-14-10-12-17(13-11-14)15(18)19-16(2,3)4/h14H,5-13H2,1-4H3. The van der Waals surface area contributed by atoms with Crippen molar-refractivity contribution in [1.29, 1.82) is 0 Å². The molecule has 0 aromatic rings. The Balaban J connectivity index is 2.19. The van der Waals surface area contributed by atoms with Gasteiger partial charge in [0, 0.05) is 13.1 Å². The number of carbonyl (C=O) groups excluding carboxylic acids is 1. The molecule has 0 N–H and O–H groups in total. The Morgan fingerprint density at radius 1 is 1.16 bits per heavy atom. The van der Waals surface area contributed by atoms with Crippen LogP contribution in [0.5, 0.6) is 0 Å². The Morgan fingerprint density at radius 3 is 2.32 bits per heavy atom. The second kappa shape index (κ2) is 7.76. The molecule has 1 heterocycles. The average Bonchev–Trinajstić information content (AvgIpc) is 2.33. The number of likely N-dealkylation sites (tertiary alicyclic amines) is 1. The number of hydrogen-bond acceptors (Lipinski definition) is 2. The number of nitrogens with zero attached hydrogens (tertiary/aromatic N) is 1. The van der Waals surface area contributed by atoms with E-state index in [1.165, 1.54) is 32.1 Å². The highest BCUT2D eigenvalue weighted by atomic mass is 16.6. The molecule has 3 nitrogen and oxygen atoms in total. The van der Waals surface area contributed by atoms with Crippen LogP contribution in [0.2, 0.25) is 0 Å². The molecule has 1 amide bonds. The van der Waals surface area contributed by atoms with E-state index in [0.29, 0.717) is 0 Å². The molecule has 1 aliphatic heterocycles. The number of piperidine rings is 1. The third-order valence-corrected chi connectivity index (χ3v) is 3.73. The lowest BCUT2D eigenvalue weighted by atomic mass is 9.91. The van der Waals surface area contributed by atoms with Crippen LogP contribution < -0.4 is 0 Å². The summed E-state index contributed by atoms with van der Waals surface area (Å²) < 4.78 is 5.41. The van der Waals surface area contributed by atoms with Gasteiger partial charge in [0.25, 0.3) is 0 Å². The maximum Gasteiger partial charge on any atom is 0.410 e. The predicted molar refractivity (Wildman–Crippen MR) is 79.3 cm³/mol. The van der Waals surface area contributed by atoms with Crippen molar-refractivity contribution in [3.8, 4) is 0 Å². The summed E-state index contributed by atoms with van der Waals surface area (Å²) in [7, 11) is 0. The van der Waals surface area contributed by atoms with Crippen molar-refractivity contribution in [2.75, 3.05) is 13.1 Å². The van der Waals surface area contributed by atoms with Crippen LogP contribution in [-0.4, -0.2) is 29.7 Å². The zero-order valence-electron chi connectivity index (χ0n) is 13.2. The number of carbonyl (C=O) groups is 1. The second-order valence-corrected chi connectivity index (χ2v) is 6.76. The molecule has 0 saturated carbocycles. The van der Waals surface area contributed by atoms with E-state index in [1.54, 1.807) is 0 Å². The van der Waals surface area contributed by atoms with Crippen LogP contribution in [0.1, 0.15) is 72.6 Å². The minimum absolute atomic E-state index is 0.142. The summed E-state index contributed by atoms with van der Waals surface area (Å²) in [6, 6.07) is 0. The highest BCUT2D eigenvalue weighted by Crippen LogP contribution is 2.24. The van der Waals surface area contributed by atoms with Crippen LogP contribution in [0.3, 0.4) is 0 Å². The molecule has 19 heavy (non-hydrogen) atoms. The molecule has 1 fully saturated rings. The average molecular weight is 269 g/mol.